The predicted molar refractivity (Wildman–Crippen MR) is 147 cm³/mol. The van der Waals surface area contributed by atoms with Crippen LogP contribution in [0.5, 0.6) is 11.5 Å². The summed E-state index contributed by atoms with van der Waals surface area (Å²) in [5, 5.41) is 0.837. The van der Waals surface area contributed by atoms with Crippen LogP contribution in [-0.4, -0.2) is 38.1 Å². The molecule has 1 aliphatic rings. The van der Waals surface area contributed by atoms with Crippen LogP contribution in [0.15, 0.2) is 54.6 Å². The van der Waals surface area contributed by atoms with E-state index in [4.69, 9.17) is 38.4 Å². The van der Waals surface area contributed by atoms with Crippen molar-refractivity contribution in [1.82, 2.24) is 0 Å². The van der Waals surface area contributed by atoms with Gasteiger partial charge in [0.15, 0.2) is 18.1 Å². The third-order valence-electron chi connectivity index (χ3n) is 6.55. The van der Waals surface area contributed by atoms with Gasteiger partial charge < -0.3 is 15.2 Å². The van der Waals surface area contributed by atoms with Crippen LogP contribution in [0, 0.1) is 19.8 Å². The fourth-order valence-electron chi connectivity index (χ4n) is 4.54. The first-order chi connectivity index (χ1) is 18.6. The van der Waals surface area contributed by atoms with Crippen LogP contribution in [-0.2, 0) is 11.2 Å². The van der Waals surface area contributed by atoms with Gasteiger partial charge in [0.1, 0.15) is 19.0 Å². The third kappa shape index (κ3) is 6.45. The molecule has 3 aromatic rings. The molecule has 0 saturated heterocycles. The summed E-state index contributed by atoms with van der Waals surface area (Å²) in [6.07, 6.45) is -6.90. The molecule has 4 unspecified atom stereocenters. The number of fused-ring (bicyclic) bond motifs is 1. The van der Waals surface area contributed by atoms with Crippen molar-refractivity contribution in [3.63, 3.8) is 0 Å². The molecule has 0 aliphatic carbocycles. The van der Waals surface area contributed by atoms with E-state index in [2.05, 4.69) is 0 Å². The molecule has 39 heavy (non-hydrogen) atoms. The number of nitrogens with two attached hydrogens (primary N) is 1. The summed E-state index contributed by atoms with van der Waals surface area (Å²) < 4.78 is 55.3. The van der Waals surface area contributed by atoms with Crippen LogP contribution in [0.1, 0.15) is 28.4 Å². The lowest BCUT2D eigenvalue weighted by Crippen LogP contribution is -2.52. The molecule has 0 fully saturated rings. The quantitative estimate of drug-likeness (QED) is 0.221. The van der Waals surface area contributed by atoms with Gasteiger partial charge in [-0.3, -0.25) is 9.69 Å². The Bertz CT molecular complexity index is 1300. The van der Waals surface area contributed by atoms with Gasteiger partial charge >= 0.3 is 0 Å². The molecule has 1 aliphatic heterocycles. The average molecular weight is 581 g/mol. The Morgan fingerprint density at radius 3 is 2.23 bits per heavy atom. The highest BCUT2D eigenvalue weighted by Crippen LogP contribution is 2.42. The highest BCUT2D eigenvalue weighted by Gasteiger charge is 2.46. The topological polar surface area (TPSA) is 64.8 Å². The van der Waals surface area contributed by atoms with Gasteiger partial charge in [-0.25, -0.2) is 13.2 Å². The maximum Gasteiger partial charge on any atom is 0.234 e. The van der Waals surface area contributed by atoms with Gasteiger partial charge in [-0.1, -0.05) is 53.0 Å². The lowest BCUT2D eigenvalue weighted by atomic mass is 9.92. The van der Waals surface area contributed by atoms with E-state index >= 15 is 0 Å². The molecule has 10 heteroatoms. The van der Waals surface area contributed by atoms with Crippen LogP contribution in [0.3, 0.4) is 0 Å². The lowest BCUT2D eigenvalue weighted by Gasteiger charge is -2.38. The van der Waals surface area contributed by atoms with E-state index < -0.39 is 30.5 Å². The van der Waals surface area contributed by atoms with Crippen molar-refractivity contribution in [3.8, 4) is 11.5 Å². The van der Waals surface area contributed by atoms with E-state index in [1.54, 1.807) is 49.4 Å². The summed E-state index contributed by atoms with van der Waals surface area (Å²) in [5.41, 5.74) is 8.21. The van der Waals surface area contributed by atoms with E-state index in [1.165, 1.54) is 12.1 Å². The summed E-state index contributed by atoms with van der Waals surface area (Å²) >= 11 is 12.4. The molecular formula is C29H29Cl2F3N2O3. The van der Waals surface area contributed by atoms with Crippen molar-refractivity contribution < 1.29 is 27.4 Å². The zero-order valence-electron chi connectivity index (χ0n) is 21.5. The Hall–Kier alpha value is -2.94. The second-order valence-corrected chi connectivity index (χ2v) is 10.3. The number of benzene rings is 3. The molecule has 5 nitrogen and oxygen atoms in total. The monoisotopic (exact) mass is 580 g/mol. The Labute approximate surface area is 235 Å². The summed E-state index contributed by atoms with van der Waals surface area (Å²) in [6.45, 7) is 3.94. The number of alkyl halides is 3. The van der Waals surface area contributed by atoms with Crippen molar-refractivity contribution in [2.45, 2.75) is 38.9 Å². The van der Waals surface area contributed by atoms with E-state index in [0.717, 1.165) is 11.1 Å². The minimum absolute atomic E-state index is 0.0251. The SMILES string of the molecule is Cc1cc(Cl)c(OCCOc2ccc(CC(CN)C(=O)N3c4ccc(C)cc4C(F)C(F)C3F)cc2)c(Cl)c1. The minimum atomic E-state index is -2.49. The fourth-order valence-corrected chi connectivity index (χ4v) is 5.25. The number of hydrogen-bond donors (Lipinski definition) is 1. The average Bonchev–Trinajstić information content (AvgIpc) is 2.90. The number of nitrogens with zero attached hydrogens (tertiary/aromatic N) is 1. The summed E-state index contributed by atoms with van der Waals surface area (Å²) in [6, 6.07) is 15.0. The lowest BCUT2D eigenvalue weighted by molar-refractivity contribution is -0.124. The number of anilines is 1. The van der Waals surface area contributed by atoms with Gasteiger partial charge in [-0.2, -0.15) is 0 Å². The van der Waals surface area contributed by atoms with Crippen molar-refractivity contribution in [2.24, 2.45) is 11.7 Å². The first kappa shape index (κ1) is 29.1. The second-order valence-electron chi connectivity index (χ2n) is 9.52. The molecule has 1 amide bonds. The van der Waals surface area contributed by atoms with E-state index in [-0.39, 0.29) is 37.4 Å². The Balaban J connectivity index is 1.38. The van der Waals surface area contributed by atoms with E-state index in [0.29, 0.717) is 32.0 Å². The van der Waals surface area contributed by atoms with Crippen LogP contribution in [0.2, 0.25) is 10.0 Å². The predicted octanol–water partition coefficient (Wildman–Crippen LogP) is 6.88. The number of amides is 1. The van der Waals surface area contributed by atoms with Crippen LogP contribution in [0.25, 0.3) is 0 Å². The van der Waals surface area contributed by atoms with Gasteiger partial charge in [-0.15, -0.1) is 0 Å². The van der Waals surface area contributed by atoms with E-state index in [1.807, 2.05) is 6.92 Å². The molecule has 1 heterocycles. The van der Waals surface area contributed by atoms with Gasteiger partial charge in [0, 0.05) is 12.1 Å². The third-order valence-corrected chi connectivity index (χ3v) is 7.11. The molecule has 0 bridgehead atoms. The van der Waals surface area contributed by atoms with Crippen molar-refractivity contribution in [1.29, 1.82) is 0 Å². The first-order valence-electron chi connectivity index (χ1n) is 12.5. The van der Waals surface area contributed by atoms with Gasteiger partial charge in [0.05, 0.1) is 21.7 Å². The number of ether oxygens (including phenoxy) is 2. The Morgan fingerprint density at radius 1 is 0.949 bits per heavy atom. The number of hydrogen-bond acceptors (Lipinski definition) is 4. The molecule has 0 saturated carbocycles. The molecule has 0 radical (unpaired) electrons. The van der Waals surface area contributed by atoms with Crippen molar-refractivity contribution >= 4 is 34.8 Å². The Morgan fingerprint density at radius 2 is 1.59 bits per heavy atom. The number of halogens is 5. The number of rotatable bonds is 9. The molecule has 3 aromatic carbocycles. The first-order valence-corrected chi connectivity index (χ1v) is 13.2. The summed E-state index contributed by atoms with van der Waals surface area (Å²) in [4.78, 5) is 14.0. The molecule has 208 valence electrons. The zero-order chi connectivity index (χ0) is 28.3. The maximum atomic E-state index is 14.9. The number of carbonyl (C=O) groups excluding carboxylic acids is 1. The summed E-state index contributed by atoms with van der Waals surface area (Å²) in [7, 11) is 0. The van der Waals surface area contributed by atoms with Crippen LogP contribution < -0.4 is 20.1 Å². The highest BCUT2D eigenvalue weighted by molar-refractivity contribution is 6.37. The normalized spacial score (nSPS) is 19.4. The van der Waals surface area contributed by atoms with Crippen molar-refractivity contribution in [3.05, 3.63) is 86.9 Å². The maximum absolute atomic E-state index is 14.9. The molecule has 4 atom stereocenters. The molecule has 0 spiro atoms. The van der Waals surface area contributed by atoms with Crippen LogP contribution in [0.4, 0.5) is 18.9 Å². The second kappa shape index (κ2) is 12.5. The number of aryl methyl sites for hydroxylation is 2. The zero-order valence-corrected chi connectivity index (χ0v) is 23.0. The van der Waals surface area contributed by atoms with Gasteiger partial charge in [0.2, 0.25) is 12.2 Å². The minimum Gasteiger partial charge on any atom is -0.490 e. The molecule has 0 aromatic heterocycles. The number of carbonyl (C=O) groups is 1. The highest BCUT2D eigenvalue weighted by atomic mass is 35.5. The Kier molecular flexibility index (Phi) is 9.31. The molecular weight excluding hydrogens is 552 g/mol. The van der Waals surface area contributed by atoms with Crippen LogP contribution >= 0.6 is 23.2 Å². The van der Waals surface area contributed by atoms with Gasteiger partial charge in [0.25, 0.3) is 0 Å². The van der Waals surface area contributed by atoms with Crippen molar-refractivity contribution in [2.75, 3.05) is 24.7 Å². The molecule has 2 N–H and O–H groups in total. The molecule has 4 rings (SSSR count). The largest absolute Gasteiger partial charge is 0.490 e. The smallest absolute Gasteiger partial charge is 0.234 e. The van der Waals surface area contributed by atoms with E-state index in [9.17, 15) is 18.0 Å². The summed E-state index contributed by atoms with van der Waals surface area (Å²) in [5.74, 6) is -0.582. The fraction of sp³-hybridized carbons (Fsp3) is 0.345. The van der Waals surface area contributed by atoms with Gasteiger partial charge in [-0.05, 0) is 61.7 Å². The standard InChI is InChI=1S/C29H29Cl2F3N2O3/c1-16-3-8-24-21(11-16)25(32)26(33)28(34)36(24)29(37)19(15-35)14-18-4-6-20(7-5-18)38-9-10-39-27-22(30)12-17(2)13-23(27)31/h3-8,11-13,19,25-26,28H,9-10,14-15,35H2,1-2H3.